The molecule has 5 rings (SSSR count). The molecule has 37 heavy (non-hydrogen) atoms. The summed E-state index contributed by atoms with van der Waals surface area (Å²) in [6.45, 7) is 3.32. The summed E-state index contributed by atoms with van der Waals surface area (Å²) in [6, 6.07) is 28.0. The lowest BCUT2D eigenvalue weighted by Crippen LogP contribution is -2.30. The van der Waals surface area contributed by atoms with Gasteiger partial charge in [0.2, 0.25) is 0 Å². The van der Waals surface area contributed by atoms with Crippen molar-refractivity contribution in [3.63, 3.8) is 0 Å². The number of thioether (sulfide) groups is 1. The quantitative estimate of drug-likeness (QED) is 0.178. The molecule has 0 unspecified atom stereocenters. The van der Waals surface area contributed by atoms with Crippen molar-refractivity contribution in [3.8, 4) is 22.7 Å². The maximum Gasteiger partial charge on any atom is 0.266 e. The molecule has 5 nitrogen and oxygen atoms in total. The van der Waals surface area contributed by atoms with E-state index in [1.165, 1.54) is 17.3 Å². The smallest absolute Gasteiger partial charge is 0.266 e. The number of nitrogens with zero attached hydrogens (tertiary/aromatic N) is 3. The van der Waals surface area contributed by atoms with E-state index in [1.807, 2.05) is 89.8 Å². The minimum absolute atomic E-state index is 0.0624. The molecular formula is C30H27N3O2S2. The van der Waals surface area contributed by atoms with Gasteiger partial charge in [-0.2, -0.15) is 5.10 Å². The molecule has 2 heterocycles. The lowest BCUT2D eigenvalue weighted by atomic mass is 10.1. The number of carbonyl (C=O) groups excluding carboxylic acids is 1. The molecule has 0 N–H and O–H groups in total. The van der Waals surface area contributed by atoms with Crippen LogP contribution < -0.4 is 4.74 Å². The first-order valence-corrected chi connectivity index (χ1v) is 13.5. The van der Waals surface area contributed by atoms with Gasteiger partial charge in [0.05, 0.1) is 22.9 Å². The summed E-state index contributed by atoms with van der Waals surface area (Å²) >= 11 is 6.92. The van der Waals surface area contributed by atoms with Gasteiger partial charge in [-0.1, -0.05) is 79.4 Å². The molecule has 7 heteroatoms. The highest BCUT2D eigenvalue weighted by molar-refractivity contribution is 8.26. The lowest BCUT2D eigenvalue weighted by Gasteiger charge is -2.14. The van der Waals surface area contributed by atoms with E-state index in [-0.39, 0.29) is 5.91 Å². The number of rotatable bonds is 9. The summed E-state index contributed by atoms with van der Waals surface area (Å²) in [5, 5.41) is 4.89. The van der Waals surface area contributed by atoms with E-state index in [9.17, 15) is 4.79 Å². The Morgan fingerprint density at radius 2 is 1.68 bits per heavy atom. The molecule has 1 aliphatic rings. The minimum Gasteiger partial charge on any atom is -0.494 e. The molecule has 0 bridgehead atoms. The zero-order chi connectivity index (χ0) is 25.6. The van der Waals surface area contributed by atoms with Gasteiger partial charge in [-0.15, -0.1) is 0 Å². The highest BCUT2D eigenvalue weighted by Gasteiger charge is 2.32. The average Bonchev–Trinajstić information content (AvgIpc) is 3.48. The second-order valence-electron chi connectivity index (χ2n) is 8.65. The van der Waals surface area contributed by atoms with Crippen LogP contribution in [-0.2, 0) is 11.2 Å². The summed E-state index contributed by atoms with van der Waals surface area (Å²) in [5.41, 5.74) is 4.72. The SMILES string of the molecule is CCCOc1ccc(-c2nn(-c3ccccc3)cc2/C=C2/SC(=S)N(CCc3ccccc3)C2=O)cc1. The first kappa shape index (κ1) is 25.0. The maximum absolute atomic E-state index is 13.3. The Morgan fingerprint density at radius 3 is 2.38 bits per heavy atom. The van der Waals surface area contributed by atoms with Gasteiger partial charge in [-0.25, -0.2) is 4.68 Å². The lowest BCUT2D eigenvalue weighted by molar-refractivity contribution is -0.122. The predicted octanol–water partition coefficient (Wildman–Crippen LogP) is 6.77. The van der Waals surface area contributed by atoms with Gasteiger partial charge < -0.3 is 4.74 Å². The Hall–Kier alpha value is -3.68. The third-order valence-electron chi connectivity index (χ3n) is 5.99. The molecule has 1 fully saturated rings. The number of hydrogen-bond acceptors (Lipinski definition) is 5. The number of hydrogen-bond donors (Lipinski definition) is 0. The van der Waals surface area contributed by atoms with E-state index in [2.05, 4.69) is 19.1 Å². The molecule has 0 spiro atoms. The Bertz CT molecular complexity index is 1410. The molecule has 0 aliphatic carbocycles. The molecule has 3 aromatic carbocycles. The van der Waals surface area contributed by atoms with Crippen molar-refractivity contribution in [1.29, 1.82) is 0 Å². The van der Waals surface area contributed by atoms with Crippen LogP contribution in [0.1, 0.15) is 24.5 Å². The van der Waals surface area contributed by atoms with Crippen LogP contribution in [0.4, 0.5) is 0 Å². The molecule has 1 saturated heterocycles. The fourth-order valence-corrected chi connectivity index (χ4v) is 5.38. The molecule has 1 aliphatic heterocycles. The van der Waals surface area contributed by atoms with Gasteiger partial charge in [-0.05, 0) is 60.9 Å². The van der Waals surface area contributed by atoms with Crippen molar-refractivity contribution >= 4 is 40.3 Å². The van der Waals surface area contributed by atoms with Gasteiger partial charge in [-0.3, -0.25) is 9.69 Å². The molecule has 1 amide bonds. The van der Waals surface area contributed by atoms with Gasteiger partial charge in [0, 0.05) is 23.9 Å². The zero-order valence-corrected chi connectivity index (χ0v) is 22.2. The zero-order valence-electron chi connectivity index (χ0n) is 20.5. The van der Waals surface area contributed by atoms with Crippen LogP contribution >= 0.6 is 24.0 Å². The number of para-hydroxylation sites is 1. The fourth-order valence-electron chi connectivity index (χ4n) is 4.08. The molecule has 4 aromatic rings. The summed E-state index contributed by atoms with van der Waals surface area (Å²) in [6.07, 6.45) is 5.58. The fraction of sp³-hybridized carbons (Fsp3) is 0.167. The van der Waals surface area contributed by atoms with Crippen molar-refractivity contribution in [2.75, 3.05) is 13.2 Å². The average molecular weight is 526 g/mol. The van der Waals surface area contributed by atoms with Crippen LogP contribution in [0.3, 0.4) is 0 Å². The minimum atomic E-state index is -0.0624. The van der Waals surface area contributed by atoms with Gasteiger partial charge in [0.1, 0.15) is 10.1 Å². The van der Waals surface area contributed by atoms with E-state index in [1.54, 1.807) is 4.90 Å². The molecule has 1 aromatic heterocycles. The van der Waals surface area contributed by atoms with Crippen molar-refractivity contribution in [3.05, 3.63) is 107 Å². The topological polar surface area (TPSA) is 47.4 Å². The second kappa shape index (κ2) is 11.6. The molecule has 186 valence electrons. The summed E-state index contributed by atoms with van der Waals surface area (Å²) < 4.78 is 8.18. The van der Waals surface area contributed by atoms with Crippen LogP contribution in [0.15, 0.2) is 96.0 Å². The molecular weight excluding hydrogens is 498 g/mol. The highest BCUT2D eigenvalue weighted by Crippen LogP contribution is 2.35. The van der Waals surface area contributed by atoms with E-state index in [0.717, 1.165) is 41.1 Å². The Balaban J connectivity index is 1.44. The molecule has 0 radical (unpaired) electrons. The highest BCUT2D eigenvalue weighted by atomic mass is 32.2. The number of thiocarbonyl (C=S) groups is 1. The number of amides is 1. The summed E-state index contributed by atoms with van der Waals surface area (Å²) in [4.78, 5) is 15.6. The summed E-state index contributed by atoms with van der Waals surface area (Å²) in [5.74, 6) is 0.765. The monoisotopic (exact) mass is 525 g/mol. The number of ether oxygens (including phenoxy) is 1. The number of benzene rings is 3. The van der Waals surface area contributed by atoms with Gasteiger partial charge in [0.15, 0.2) is 0 Å². The van der Waals surface area contributed by atoms with Crippen molar-refractivity contribution in [2.24, 2.45) is 0 Å². The van der Waals surface area contributed by atoms with Crippen molar-refractivity contribution < 1.29 is 9.53 Å². The van der Waals surface area contributed by atoms with E-state index >= 15 is 0 Å². The van der Waals surface area contributed by atoms with Gasteiger partial charge >= 0.3 is 0 Å². The van der Waals surface area contributed by atoms with Crippen LogP contribution in [0.5, 0.6) is 5.75 Å². The maximum atomic E-state index is 13.3. The van der Waals surface area contributed by atoms with Crippen LogP contribution in [0.25, 0.3) is 23.0 Å². The largest absolute Gasteiger partial charge is 0.494 e. The normalized spacial score (nSPS) is 14.5. The molecule has 0 saturated carbocycles. The van der Waals surface area contributed by atoms with E-state index < -0.39 is 0 Å². The molecule has 0 atom stereocenters. The Labute approximate surface area is 226 Å². The first-order chi connectivity index (χ1) is 18.1. The standard InChI is InChI=1S/C30H27N3O2S2/c1-2-19-35-26-15-13-23(14-16-26)28-24(21-33(31-28)25-11-7-4-8-12-25)20-27-29(34)32(30(36)37-27)18-17-22-9-5-3-6-10-22/h3-16,20-21H,2,17-19H2,1H3/b27-20+. The van der Waals surface area contributed by atoms with Crippen LogP contribution in [0.2, 0.25) is 0 Å². The van der Waals surface area contributed by atoms with Gasteiger partial charge in [0.25, 0.3) is 5.91 Å². The van der Waals surface area contributed by atoms with E-state index in [4.69, 9.17) is 22.1 Å². The third kappa shape index (κ3) is 5.84. The second-order valence-corrected chi connectivity index (χ2v) is 10.3. The summed E-state index contributed by atoms with van der Waals surface area (Å²) in [7, 11) is 0. The number of carbonyl (C=O) groups is 1. The third-order valence-corrected chi connectivity index (χ3v) is 7.37. The first-order valence-electron chi connectivity index (χ1n) is 12.3. The van der Waals surface area contributed by atoms with Crippen molar-refractivity contribution in [2.45, 2.75) is 19.8 Å². The van der Waals surface area contributed by atoms with Crippen LogP contribution in [0, 0.1) is 0 Å². The Morgan fingerprint density at radius 1 is 0.973 bits per heavy atom. The van der Waals surface area contributed by atoms with E-state index in [0.29, 0.717) is 22.4 Å². The van der Waals surface area contributed by atoms with Crippen LogP contribution in [-0.4, -0.2) is 38.1 Å². The predicted molar refractivity (Wildman–Crippen MR) is 155 cm³/mol. The number of aromatic nitrogens is 2. The Kier molecular flexibility index (Phi) is 7.82. The van der Waals surface area contributed by atoms with Crippen molar-refractivity contribution in [1.82, 2.24) is 14.7 Å².